The van der Waals surface area contributed by atoms with Crippen LogP contribution in [0.25, 0.3) is 0 Å². The summed E-state index contributed by atoms with van der Waals surface area (Å²) in [6, 6.07) is 3.35. The van der Waals surface area contributed by atoms with E-state index in [-0.39, 0.29) is 10.0 Å². The molecule has 0 aliphatic rings. The molecule has 0 amide bonds. The summed E-state index contributed by atoms with van der Waals surface area (Å²) in [6.45, 7) is 5.07. The summed E-state index contributed by atoms with van der Waals surface area (Å²) in [7, 11) is -1.64. The fourth-order valence-electron chi connectivity index (χ4n) is 1.26. The monoisotopic (exact) mass is 291 g/mol. The number of likely N-dealkylation sites (N-methyl/N-ethyl adjacent to an activating group) is 1. The fraction of sp³-hybridized carbons (Fsp3) is 0.545. The molecule has 1 aromatic rings. The second kappa shape index (κ2) is 6.47. The highest BCUT2D eigenvalue weighted by atomic mass is 35.5. The fourth-order valence-corrected chi connectivity index (χ4v) is 2.74. The number of sulfonamides is 1. The second-order valence-corrected chi connectivity index (χ2v) is 6.36. The molecule has 1 heterocycles. The molecule has 1 N–H and O–H groups in total. The summed E-state index contributed by atoms with van der Waals surface area (Å²) in [5, 5.41) is -0.0118. The molecule has 1 aromatic heterocycles. The van der Waals surface area contributed by atoms with Gasteiger partial charge in [-0.25, -0.2) is 18.1 Å². The minimum atomic E-state index is -3.58. The van der Waals surface area contributed by atoms with E-state index in [2.05, 4.69) is 9.71 Å². The van der Waals surface area contributed by atoms with E-state index in [9.17, 15) is 8.42 Å². The highest BCUT2D eigenvalue weighted by Crippen LogP contribution is 2.17. The van der Waals surface area contributed by atoms with Gasteiger partial charge in [-0.15, -0.1) is 0 Å². The summed E-state index contributed by atoms with van der Waals surface area (Å²) in [5.74, 6) is 0. The Morgan fingerprint density at radius 3 is 2.72 bits per heavy atom. The number of aromatic nitrogens is 1. The van der Waals surface area contributed by atoms with Gasteiger partial charge < -0.3 is 4.90 Å². The van der Waals surface area contributed by atoms with Crippen LogP contribution in [0.4, 0.5) is 0 Å². The quantitative estimate of drug-likeness (QED) is 0.804. The van der Waals surface area contributed by atoms with Gasteiger partial charge in [0.2, 0.25) is 10.0 Å². The van der Waals surface area contributed by atoms with Gasteiger partial charge in [0.1, 0.15) is 10.0 Å². The minimum absolute atomic E-state index is 0.0118. The van der Waals surface area contributed by atoms with E-state index in [4.69, 9.17) is 11.6 Å². The van der Waals surface area contributed by atoms with Crippen molar-refractivity contribution in [2.75, 3.05) is 20.1 Å². The van der Waals surface area contributed by atoms with Crippen molar-refractivity contribution in [3.63, 3.8) is 0 Å². The first-order chi connectivity index (χ1) is 8.34. The number of halogens is 1. The van der Waals surface area contributed by atoms with E-state index in [0.717, 1.165) is 0 Å². The minimum Gasteiger partial charge on any atom is -0.303 e. The van der Waals surface area contributed by atoms with Crippen molar-refractivity contribution >= 4 is 21.6 Å². The van der Waals surface area contributed by atoms with Gasteiger partial charge in [-0.05, 0) is 33.0 Å². The van der Waals surface area contributed by atoms with Gasteiger partial charge in [-0.1, -0.05) is 11.6 Å². The van der Waals surface area contributed by atoms with Crippen LogP contribution in [-0.2, 0) is 10.0 Å². The van der Waals surface area contributed by atoms with Gasteiger partial charge in [0.15, 0.2) is 0 Å². The predicted octanol–water partition coefficient (Wildman–Crippen LogP) is 1.35. The zero-order valence-corrected chi connectivity index (χ0v) is 12.3. The van der Waals surface area contributed by atoms with Crippen molar-refractivity contribution < 1.29 is 8.42 Å². The van der Waals surface area contributed by atoms with Crippen molar-refractivity contribution in [3.8, 4) is 0 Å². The van der Waals surface area contributed by atoms with Crippen LogP contribution in [0.3, 0.4) is 0 Å². The number of hydrogen-bond donors (Lipinski definition) is 1. The summed E-state index contributed by atoms with van der Waals surface area (Å²) < 4.78 is 26.4. The standard InChI is InChI=1S/C11H18ClN3O2S/c1-9(2)15(3)8-7-14-18(16,17)10-5-4-6-13-11(10)12/h4-6,9,14H,7-8H2,1-3H3. The Bertz CT molecular complexity index is 491. The summed E-state index contributed by atoms with van der Waals surface area (Å²) >= 11 is 5.76. The van der Waals surface area contributed by atoms with Gasteiger partial charge in [0.05, 0.1) is 0 Å². The lowest BCUT2D eigenvalue weighted by Gasteiger charge is -2.20. The molecule has 0 unspecified atom stereocenters. The Kier molecular flexibility index (Phi) is 5.52. The number of hydrogen-bond acceptors (Lipinski definition) is 4. The lowest BCUT2D eigenvalue weighted by Crippen LogP contribution is -2.36. The van der Waals surface area contributed by atoms with E-state index in [1.807, 2.05) is 25.8 Å². The van der Waals surface area contributed by atoms with E-state index < -0.39 is 10.0 Å². The first-order valence-electron chi connectivity index (χ1n) is 5.65. The second-order valence-electron chi connectivity index (χ2n) is 4.26. The molecule has 0 bridgehead atoms. The molecule has 0 fully saturated rings. The molecule has 0 saturated carbocycles. The van der Waals surface area contributed by atoms with Crippen LogP contribution in [0.2, 0.25) is 5.15 Å². The molecular formula is C11H18ClN3O2S. The van der Waals surface area contributed by atoms with Crippen LogP contribution in [0, 0.1) is 0 Å². The summed E-state index contributed by atoms with van der Waals surface area (Å²) in [4.78, 5) is 5.81. The Labute approximate surface area is 113 Å². The summed E-state index contributed by atoms with van der Waals surface area (Å²) in [5.41, 5.74) is 0. The molecule has 0 aliphatic heterocycles. The maximum absolute atomic E-state index is 12.0. The molecule has 5 nitrogen and oxygen atoms in total. The van der Waals surface area contributed by atoms with Crippen molar-refractivity contribution in [1.29, 1.82) is 0 Å². The van der Waals surface area contributed by atoms with Crippen LogP contribution in [0.15, 0.2) is 23.2 Å². The zero-order chi connectivity index (χ0) is 13.8. The Morgan fingerprint density at radius 1 is 1.50 bits per heavy atom. The number of nitrogens with one attached hydrogen (secondary N) is 1. The van der Waals surface area contributed by atoms with Crippen molar-refractivity contribution in [1.82, 2.24) is 14.6 Å². The smallest absolute Gasteiger partial charge is 0.243 e. The van der Waals surface area contributed by atoms with Crippen LogP contribution >= 0.6 is 11.6 Å². The molecule has 0 aliphatic carbocycles. The van der Waals surface area contributed by atoms with E-state index in [0.29, 0.717) is 19.1 Å². The molecule has 18 heavy (non-hydrogen) atoms. The lowest BCUT2D eigenvalue weighted by atomic mass is 10.3. The van der Waals surface area contributed by atoms with Crippen LogP contribution in [0.1, 0.15) is 13.8 Å². The largest absolute Gasteiger partial charge is 0.303 e. The topological polar surface area (TPSA) is 62.3 Å². The molecule has 1 rings (SSSR count). The van der Waals surface area contributed by atoms with Crippen LogP contribution in [-0.4, -0.2) is 44.5 Å². The Balaban J connectivity index is 2.64. The van der Waals surface area contributed by atoms with Gasteiger partial charge >= 0.3 is 0 Å². The van der Waals surface area contributed by atoms with E-state index in [1.54, 1.807) is 6.07 Å². The lowest BCUT2D eigenvalue weighted by molar-refractivity contribution is 0.278. The average molecular weight is 292 g/mol. The van der Waals surface area contributed by atoms with E-state index >= 15 is 0 Å². The Morgan fingerprint density at radius 2 is 2.17 bits per heavy atom. The molecule has 102 valence electrons. The molecule has 0 saturated heterocycles. The SMILES string of the molecule is CC(C)N(C)CCNS(=O)(=O)c1cccnc1Cl. The normalized spacial score (nSPS) is 12.3. The number of rotatable bonds is 6. The highest BCUT2D eigenvalue weighted by molar-refractivity contribution is 7.89. The molecule has 0 spiro atoms. The van der Waals surface area contributed by atoms with E-state index in [1.165, 1.54) is 12.3 Å². The van der Waals surface area contributed by atoms with Crippen LogP contribution < -0.4 is 4.72 Å². The maximum atomic E-state index is 12.0. The first kappa shape index (κ1) is 15.4. The zero-order valence-electron chi connectivity index (χ0n) is 10.7. The van der Waals surface area contributed by atoms with Crippen molar-refractivity contribution in [2.45, 2.75) is 24.8 Å². The van der Waals surface area contributed by atoms with Crippen molar-refractivity contribution in [2.24, 2.45) is 0 Å². The van der Waals surface area contributed by atoms with Crippen LogP contribution in [0.5, 0.6) is 0 Å². The van der Waals surface area contributed by atoms with Crippen molar-refractivity contribution in [3.05, 3.63) is 23.5 Å². The first-order valence-corrected chi connectivity index (χ1v) is 7.51. The number of pyridine rings is 1. The van der Waals surface area contributed by atoms with Gasteiger partial charge in [0.25, 0.3) is 0 Å². The van der Waals surface area contributed by atoms with Gasteiger partial charge in [-0.3, -0.25) is 0 Å². The number of nitrogens with zero attached hydrogens (tertiary/aromatic N) is 2. The molecular weight excluding hydrogens is 274 g/mol. The summed E-state index contributed by atoms with van der Waals surface area (Å²) in [6.07, 6.45) is 1.45. The molecule has 0 radical (unpaired) electrons. The average Bonchev–Trinajstić information content (AvgIpc) is 2.28. The third-order valence-corrected chi connectivity index (χ3v) is 4.56. The molecule has 0 aromatic carbocycles. The highest BCUT2D eigenvalue weighted by Gasteiger charge is 2.17. The predicted molar refractivity (Wildman–Crippen MR) is 72.2 cm³/mol. The van der Waals surface area contributed by atoms with Gasteiger partial charge in [-0.2, -0.15) is 0 Å². The maximum Gasteiger partial charge on any atom is 0.243 e. The molecule has 0 atom stereocenters. The third kappa shape index (κ3) is 4.20. The Hall–Kier alpha value is -0.690. The van der Waals surface area contributed by atoms with Gasteiger partial charge in [0, 0.05) is 25.3 Å². The third-order valence-electron chi connectivity index (χ3n) is 2.65. The molecule has 7 heteroatoms.